The molecular weight excluding hydrogens is 1380 g/mol. The zero-order valence-electron chi connectivity index (χ0n) is 69.9. The van der Waals surface area contributed by atoms with E-state index >= 15 is 0 Å². The minimum Gasteiger partial charge on any atom is -0.462 e. The van der Waals surface area contributed by atoms with E-state index in [1.54, 1.807) is 0 Å². The number of hydrogen-bond donors (Lipinski definition) is 3. The lowest BCUT2D eigenvalue weighted by Gasteiger charge is -2.21. The molecule has 3 unspecified atom stereocenters. The van der Waals surface area contributed by atoms with Crippen LogP contribution in [0, 0.1) is 17.8 Å². The molecule has 0 aliphatic heterocycles. The van der Waals surface area contributed by atoms with Crippen molar-refractivity contribution in [1.82, 2.24) is 0 Å². The summed E-state index contributed by atoms with van der Waals surface area (Å²) in [7, 11) is -9.93. The van der Waals surface area contributed by atoms with Gasteiger partial charge in [-0.15, -0.1) is 0 Å². The molecule has 3 N–H and O–H groups in total. The highest BCUT2D eigenvalue weighted by Crippen LogP contribution is 2.45. The van der Waals surface area contributed by atoms with Gasteiger partial charge in [0.15, 0.2) is 12.2 Å². The number of unbranched alkanes of at least 4 members (excludes halogenated alkanes) is 52. The van der Waals surface area contributed by atoms with E-state index in [1.807, 2.05) is 0 Å². The van der Waals surface area contributed by atoms with Crippen molar-refractivity contribution in [3.8, 4) is 0 Å². The molecule has 0 radical (unpaired) electrons. The van der Waals surface area contributed by atoms with Gasteiger partial charge in [-0.25, -0.2) is 9.13 Å². The summed E-state index contributed by atoms with van der Waals surface area (Å²) in [6.07, 6.45) is 68.0. The predicted octanol–water partition coefficient (Wildman–Crippen LogP) is 26.5. The van der Waals surface area contributed by atoms with E-state index in [0.717, 1.165) is 108 Å². The number of esters is 4. The van der Waals surface area contributed by atoms with Crippen LogP contribution in [0.4, 0.5) is 0 Å². The van der Waals surface area contributed by atoms with E-state index in [1.165, 1.54) is 270 Å². The first-order valence-electron chi connectivity index (χ1n) is 44.9. The third-order valence-electron chi connectivity index (χ3n) is 20.7. The fourth-order valence-corrected chi connectivity index (χ4v) is 15.1. The van der Waals surface area contributed by atoms with Gasteiger partial charge in [-0.05, 0) is 43.4 Å². The van der Waals surface area contributed by atoms with Crippen LogP contribution in [0.2, 0.25) is 0 Å². The lowest BCUT2D eigenvalue weighted by atomic mass is 9.99. The number of aliphatic hydroxyl groups excluding tert-OH is 1. The first-order valence-corrected chi connectivity index (χ1v) is 47.9. The third-order valence-corrected chi connectivity index (χ3v) is 22.6. The maximum absolute atomic E-state index is 13.2. The van der Waals surface area contributed by atoms with Gasteiger partial charge in [0.2, 0.25) is 0 Å². The van der Waals surface area contributed by atoms with Crippen LogP contribution >= 0.6 is 15.6 Å². The first kappa shape index (κ1) is 104. The molecule has 17 nitrogen and oxygen atoms in total. The van der Waals surface area contributed by atoms with E-state index in [0.29, 0.717) is 25.7 Å². The molecule has 0 fully saturated rings. The van der Waals surface area contributed by atoms with Crippen LogP contribution in [0.25, 0.3) is 0 Å². The summed E-state index contributed by atoms with van der Waals surface area (Å²) < 4.78 is 68.9. The topological polar surface area (TPSA) is 237 Å². The van der Waals surface area contributed by atoms with Crippen LogP contribution in [-0.4, -0.2) is 96.7 Å². The molecule has 0 aromatic carbocycles. The van der Waals surface area contributed by atoms with Crippen molar-refractivity contribution in [3.63, 3.8) is 0 Å². The molecule has 0 amide bonds. The highest BCUT2D eigenvalue weighted by Gasteiger charge is 2.31. The van der Waals surface area contributed by atoms with Crippen LogP contribution in [0.3, 0.4) is 0 Å². The number of ether oxygens (including phenoxy) is 4. The largest absolute Gasteiger partial charge is 0.472 e. The Morgan fingerprint density at radius 2 is 0.481 bits per heavy atom. The fraction of sp³-hybridized carbons (Fsp3) is 0.954. The lowest BCUT2D eigenvalue weighted by molar-refractivity contribution is -0.161. The summed E-state index contributed by atoms with van der Waals surface area (Å²) in [5.41, 5.74) is 0. The average molecular weight is 1550 g/mol. The van der Waals surface area contributed by atoms with Gasteiger partial charge in [-0.2, -0.15) is 0 Å². The van der Waals surface area contributed by atoms with Crippen molar-refractivity contribution in [1.29, 1.82) is 0 Å². The zero-order chi connectivity index (χ0) is 77.9. The second-order valence-corrected chi connectivity index (χ2v) is 35.4. The van der Waals surface area contributed by atoms with Crippen molar-refractivity contribution < 1.29 is 80.2 Å². The van der Waals surface area contributed by atoms with E-state index in [-0.39, 0.29) is 25.7 Å². The molecule has 0 saturated heterocycles. The van der Waals surface area contributed by atoms with Crippen molar-refractivity contribution in [3.05, 3.63) is 0 Å². The van der Waals surface area contributed by atoms with Gasteiger partial charge < -0.3 is 33.8 Å². The molecule has 0 spiro atoms. The van der Waals surface area contributed by atoms with Gasteiger partial charge in [0.1, 0.15) is 19.3 Å². The van der Waals surface area contributed by atoms with E-state index < -0.39 is 97.5 Å². The minimum atomic E-state index is -4.97. The smallest absolute Gasteiger partial charge is 0.462 e. The molecule has 19 heteroatoms. The Balaban J connectivity index is 5.25. The molecular formula is C87H170O17P2. The molecule has 0 aliphatic carbocycles. The summed E-state index contributed by atoms with van der Waals surface area (Å²) in [5, 5.41) is 10.7. The Bertz CT molecular complexity index is 2050. The standard InChI is InChI=1S/C87H170O17P2/c1-8-10-11-12-13-14-15-16-17-18-19-23-26-29-32-40-47-54-61-68-84(89)97-74-82(103-86(91)70-63-56-49-41-33-30-27-24-21-20-22-25-28-31-37-44-51-58-65-78(3)4)76-101-105(93,94)99-72-81(88)73-100-106(95,96)102-77-83(75-98-85(90)69-62-55-48-43-36-38-45-52-59-66-79(5)6)104-87(92)71-64-57-50-42-35-34-39-46-53-60-67-80(7)9-2/h78-83,88H,8-77H2,1-7H3,(H,93,94)(H,95,96)/t80?,81-,82-,83-/m1/s1. The van der Waals surface area contributed by atoms with E-state index in [9.17, 15) is 43.2 Å². The molecule has 0 rings (SSSR count). The van der Waals surface area contributed by atoms with Gasteiger partial charge in [0.25, 0.3) is 0 Å². The van der Waals surface area contributed by atoms with E-state index in [4.69, 9.17) is 37.0 Å². The Hall–Kier alpha value is -1.94. The van der Waals surface area contributed by atoms with Gasteiger partial charge in [-0.3, -0.25) is 37.3 Å². The number of rotatable bonds is 85. The molecule has 0 saturated carbocycles. The summed E-state index contributed by atoms with van der Waals surface area (Å²) in [6, 6.07) is 0. The number of carbonyl (C=O) groups is 4. The van der Waals surface area contributed by atoms with Crippen LogP contribution in [0.5, 0.6) is 0 Å². The first-order chi connectivity index (χ1) is 51.3. The average Bonchev–Trinajstić information content (AvgIpc) is 0.896. The zero-order valence-corrected chi connectivity index (χ0v) is 71.7. The van der Waals surface area contributed by atoms with Crippen LogP contribution in [0.15, 0.2) is 0 Å². The number of carbonyl (C=O) groups excluding carboxylic acids is 4. The maximum Gasteiger partial charge on any atom is 0.472 e. The molecule has 0 aromatic heterocycles. The second-order valence-electron chi connectivity index (χ2n) is 32.5. The molecule has 0 aliphatic rings. The predicted molar refractivity (Wildman–Crippen MR) is 437 cm³/mol. The summed E-state index contributed by atoms with van der Waals surface area (Å²) in [6.45, 7) is 12.0. The molecule has 0 bridgehead atoms. The maximum atomic E-state index is 13.2. The number of hydrogen-bond acceptors (Lipinski definition) is 15. The van der Waals surface area contributed by atoms with Crippen LogP contribution in [-0.2, 0) is 65.4 Å². The second kappa shape index (κ2) is 77.0. The quantitative estimate of drug-likeness (QED) is 0.0222. The molecule has 106 heavy (non-hydrogen) atoms. The summed E-state index contributed by atoms with van der Waals surface area (Å²) >= 11 is 0. The molecule has 0 aromatic rings. The third kappa shape index (κ3) is 78.7. The van der Waals surface area contributed by atoms with Crippen LogP contribution < -0.4 is 0 Å². The fourth-order valence-electron chi connectivity index (χ4n) is 13.5. The monoisotopic (exact) mass is 1550 g/mol. The molecule has 630 valence electrons. The SMILES string of the molecule is CCCCCCCCCCCCCCCCCCCCCC(=O)OC[C@H](COP(=O)(O)OC[C@@H](O)COP(=O)(O)OC[C@@H](COC(=O)CCCCCCCCCCCC(C)C)OC(=O)CCCCCCCCCCCCC(C)CC)OC(=O)CCCCCCCCCCCCCCCCCCCCC(C)C. The number of phosphoric ester groups is 2. The Morgan fingerprint density at radius 3 is 0.717 bits per heavy atom. The normalized spacial score (nSPS) is 14.1. The van der Waals surface area contributed by atoms with Gasteiger partial charge in [0.05, 0.1) is 26.4 Å². The number of phosphoric acid groups is 2. The van der Waals surface area contributed by atoms with Crippen molar-refractivity contribution >= 4 is 39.5 Å². The van der Waals surface area contributed by atoms with Crippen LogP contribution in [0.1, 0.15) is 459 Å². The Labute approximate surface area is 651 Å². The number of aliphatic hydroxyl groups is 1. The Morgan fingerprint density at radius 1 is 0.274 bits per heavy atom. The van der Waals surface area contributed by atoms with Gasteiger partial charge >= 0.3 is 39.5 Å². The lowest BCUT2D eigenvalue weighted by Crippen LogP contribution is -2.30. The van der Waals surface area contributed by atoms with Gasteiger partial charge in [-0.1, -0.05) is 408 Å². The van der Waals surface area contributed by atoms with Crippen molar-refractivity contribution in [2.75, 3.05) is 39.6 Å². The Kier molecular flexibility index (Phi) is 75.6. The van der Waals surface area contributed by atoms with Crippen molar-refractivity contribution in [2.24, 2.45) is 17.8 Å². The van der Waals surface area contributed by atoms with Crippen molar-refractivity contribution in [2.45, 2.75) is 478 Å². The van der Waals surface area contributed by atoms with E-state index in [2.05, 4.69) is 48.5 Å². The molecule has 0 heterocycles. The van der Waals surface area contributed by atoms with Gasteiger partial charge in [0, 0.05) is 25.7 Å². The minimum absolute atomic E-state index is 0.106. The highest BCUT2D eigenvalue weighted by atomic mass is 31.2. The highest BCUT2D eigenvalue weighted by molar-refractivity contribution is 7.47. The summed E-state index contributed by atoms with van der Waals surface area (Å²) in [5.74, 6) is 0.263. The summed E-state index contributed by atoms with van der Waals surface area (Å²) in [4.78, 5) is 73.3. The molecule has 6 atom stereocenters.